The maximum Gasteiger partial charge on any atom is 0.244 e. The lowest BCUT2D eigenvalue weighted by molar-refractivity contribution is -0.132. The van der Waals surface area contributed by atoms with Gasteiger partial charge in [0.05, 0.1) is 29.0 Å². The number of nitrogens with one attached hydrogen (secondary N) is 1. The highest BCUT2D eigenvalue weighted by Gasteiger charge is 2.34. The van der Waals surface area contributed by atoms with Crippen molar-refractivity contribution in [1.29, 1.82) is 5.26 Å². The summed E-state index contributed by atoms with van der Waals surface area (Å²) in [7, 11) is 4.05. The molecule has 7 rings (SSSR count). The van der Waals surface area contributed by atoms with Gasteiger partial charge < -0.3 is 30.5 Å². The van der Waals surface area contributed by atoms with Gasteiger partial charge >= 0.3 is 0 Å². The molecule has 12 heteroatoms. The van der Waals surface area contributed by atoms with Gasteiger partial charge in [0.1, 0.15) is 28.7 Å². The summed E-state index contributed by atoms with van der Waals surface area (Å²) < 4.78 is 21.4. The van der Waals surface area contributed by atoms with Gasteiger partial charge in [0.2, 0.25) is 11.9 Å². The molecule has 3 atom stereocenters. The van der Waals surface area contributed by atoms with E-state index in [0.29, 0.717) is 46.0 Å². The van der Waals surface area contributed by atoms with E-state index in [0.717, 1.165) is 82.4 Å². The number of benzene rings is 2. The van der Waals surface area contributed by atoms with Crippen molar-refractivity contribution in [3.63, 3.8) is 0 Å². The Hall–Kier alpha value is -4.05. The largest absolute Gasteiger partial charge is 0.389 e. The van der Waals surface area contributed by atoms with Crippen molar-refractivity contribution in [1.82, 2.24) is 19.8 Å². The zero-order valence-electron chi connectivity index (χ0n) is 36.4. The van der Waals surface area contributed by atoms with Crippen LogP contribution in [-0.2, 0) is 22.7 Å². The molecule has 57 heavy (non-hydrogen) atoms. The molecule has 3 unspecified atom stereocenters. The van der Waals surface area contributed by atoms with E-state index in [4.69, 9.17) is 20.4 Å². The Kier molecular flexibility index (Phi) is 16.9. The predicted molar refractivity (Wildman–Crippen MR) is 238 cm³/mol. The number of fused-ring (bicyclic) bond motifs is 4. The smallest absolute Gasteiger partial charge is 0.244 e. The molecule has 2 fully saturated rings. The normalized spacial score (nSPS) is 18.7. The molecule has 0 bridgehead atoms. The van der Waals surface area contributed by atoms with Gasteiger partial charge in [0.25, 0.3) is 0 Å². The molecule has 1 amide bonds. The molecule has 3 aliphatic rings. The Morgan fingerprint density at radius 3 is 2.40 bits per heavy atom. The maximum atomic E-state index is 15.0. The number of halogens is 1. The van der Waals surface area contributed by atoms with Crippen LogP contribution in [0.4, 0.5) is 21.2 Å². The van der Waals surface area contributed by atoms with Crippen LogP contribution in [0, 0.1) is 30.0 Å². The second-order valence-corrected chi connectivity index (χ2v) is 16.2. The summed E-state index contributed by atoms with van der Waals surface area (Å²) in [4.78, 5) is 29.9. The van der Waals surface area contributed by atoms with Gasteiger partial charge in [0, 0.05) is 37.0 Å². The Morgan fingerprint density at radius 2 is 1.75 bits per heavy atom. The van der Waals surface area contributed by atoms with Crippen molar-refractivity contribution in [2.45, 2.75) is 133 Å². The number of rotatable bonds is 10. The fourth-order valence-electron chi connectivity index (χ4n) is 8.17. The van der Waals surface area contributed by atoms with E-state index >= 15 is 4.39 Å². The Labute approximate surface area is 345 Å². The number of piperidine rings is 1. The van der Waals surface area contributed by atoms with E-state index in [1.165, 1.54) is 44.8 Å². The average molecular weight is 803 g/mol. The second-order valence-electron chi connectivity index (χ2n) is 15.1. The number of nitriles is 1. The zero-order valence-corrected chi connectivity index (χ0v) is 37.3. The predicted octanol–water partition coefficient (Wildman–Crippen LogP) is 10.3. The monoisotopic (exact) mass is 803 g/mol. The van der Waals surface area contributed by atoms with Gasteiger partial charge in [-0.3, -0.25) is 4.79 Å². The Bertz CT molecular complexity index is 2030. The van der Waals surface area contributed by atoms with Gasteiger partial charge in [0.15, 0.2) is 0 Å². The molecular formula is C45H67FN8O2S. The molecule has 10 nitrogen and oxygen atoms in total. The number of aryl methyl sites for hydroxylation is 1. The number of nitrogens with zero attached hydrogens (tertiary/aromatic N) is 6. The topological polar surface area (TPSA) is 124 Å². The lowest BCUT2D eigenvalue weighted by atomic mass is 9.87. The summed E-state index contributed by atoms with van der Waals surface area (Å²) in [6.45, 7) is 23.8. The fraction of sp³-hybridized carbons (Fsp3) is 0.600. The number of thiophene rings is 1. The molecule has 3 aliphatic heterocycles. The number of carbonyl (C=O) groups is 1. The van der Waals surface area contributed by atoms with Gasteiger partial charge in [-0.15, -0.1) is 11.3 Å². The second kappa shape index (κ2) is 21.1. The van der Waals surface area contributed by atoms with Gasteiger partial charge in [-0.05, 0) is 106 Å². The number of likely N-dealkylation sites (tertiary alicyclic amines) is 1. The van der Waals surface area contributed by atoms with Crippen LogP contribution in [0.5, 0.6) is 0 Å². The highest BCUT2D eigenvalue weighted by atomic mass is 32.1. The minimum atomic E-state index is -0.404. The number of carbonyl (C=O) groups excluding carboxylic acids is 1. The van der Waals surface area contributed by atoms with Crippen LogP contribution in [0.1, 0.15) is 123 Å². The Morgan fingerprint density at radius 1 is 1.04 bits per heavy atom. The van der Waals surface area contributed by atoms with Crippen molar-refractivity contribution in [2.75, 3.05) is 56.2 Å². The number of amides is 1. The zero-order chi connectivity index (χ0) is 42.0. The first kappa shape index (κ1) is 45.6. The third-order valence-electron chi connectivity index (χ3n) is 11.4. The molecule has 0 radical (unpaired) electrons. The highest BCUT2D eigenvalue weighted by Crippen LogP contribution is 2.48. The van der Waals surface area contributed by atoms with Crippen LogP contribution < -0.4 is 16.0 Å². The van der Waals surface area contributed by atoms with E-state index < -0.39 is 5.82 Å². The number of nitrogens with two attached hydrogens (primary N) is 1. The molecule has 0 spiro atoms. The van der Waals surface area contributed by atoms with E-state index in [-0.39, 0.29) is 23.6 Å². The molecule has 3 N–H and O–H groups in total. The summed E-state index contributed by atoms with van der Waals surface area (Å²) in [5.41, 5.74) is 11.7. The van der Waals surface area contributed by atoms with E-state index in [1.807, 2.05) is 41.7 Å². The van der Waals surface area contributed by atoms with E-state index in [9.17, 15) is 10.1 Å². The minimum Gasteiger partial charge on any atom is -0.389 e. The lowest BCUT2D eigenvalue weighted by Crippen LogP contribution is -2.45. The third-order valence-corrected chi connectivity index (χ3v) is 12.4. The van der Waals surface area contributed by atoms with Crippen molar-refractivity contribution in [2.24, 2.45) is 5.92 Å². The quantitative estimate of drug-likeness (QED) is 0.151. The van der Waals surface area contributed by atoms with Crippen LogP contribution in [-0.4, -0.2) is 78.0 Å². The summed E-state index contributed by atoms with van der Waals surface area (Å²) >= 11 is 1.09. The van der Waals surface area contributed by atoms with Gasteiger partial charge in [-0.2, -0.15) is 10.2 Å². The fourth-order valence-corrected chi connectivity index (χ4v) is 9.12. The first-order chi connectivity index (χ1) is 27.5. The van der Waals surface area contributed by atoms with Crippen LogP contribution in [0.25, 0.3) is 32.1 Å². The third kappa shape index (κ3) is 9.64. The number of aromatic nitrogens is 2. The number of anilines is 3. The molecular weight excluding hydrogens is 736 g/mol. The number of likely N-dealkylation sites (N-methyl/N-ethyl adjacent to an activating group) is 1. The number of hydrogen-bond acceptors (Lipinski definition) is 10. The summed E-state index contributed by atoms with van der Waals surface area (Å²) in [5, 5.41) is 15.2. The summed E-state index contributed by atoms with van der Waals surface area (Å²) in [6, 6.07) is 5.25. The molecule has 2 aromatic carbocycles. The average Bonchev–Trinajstić information content (AvgIpc) is 3.93. The Balaban J connectivity index is 0.000000447. The van der Waals surface area contributed by atoms with Crippen LogP contribution in [0.2, 0.25) is 0 Å². The van der Waals surface area contributed by atoms with E-state index in [1.54, 1.807) is 11.0 Å². The van der Waals surface area contributed by atoms with E-state index in [2.05, 4.69) is 55.9 Å². The summed E-state index contributed by atoms with van der Waals surface area (Å²) in [6.07, 6.45) is 8.04. The minimum absolute atomic E-state index is 0.0525. The standard InChI is InChI=1S/C32H34FN7O2S.C9H21N.2C2H6/c1-15-9-11-40(17(15)3)32-37-27-16(2)24(18-7-8-22(33)28-25(18)19(12-34)29(35)43-28)20-13-42-14-21(20)26(27)30(38-32)36-23-6-5-10-39(4)31(23)41;1-4-6-7-9-10(3)8-5-2;2*1-2/h7-8,15,17,23H,5-6,9-11,13-14,35H2,1-4H3,(H,36,37,38);4-9H2,1-3H3;2*1-2H3. The van der Waals surface area contributed by atoms with Gasteiger partial charge in [-0.1, -0.05) is 67.4 Å². The molecule has 2 aromatic heterocycles. The number of nitrogen functional groups attached to an aromatic ring is 1. The van der Waals surface area contributed by atoms with Crippen LogP contribution in [0.15, 0.2) is 12.1 Å². The molecule has 5 heterocycles. The highest BCUT2D eigenvalue weighted by molar-refractivity contribution is 7.23. The van der Waals surface area contributed by atoms with Gasteiger partial charge in [-0.25, -0.2) is 9.37 Å². The van der Waals surface area contributed by atoms with Crippen molar-refractivity contribution in [3.8, 4) is 17.2 Å². The first-order valence-corrected chi connectivity index (χ1v) is 22.1. The number of unbranched alkanes of at least 4 members (excludes halogenated alkanes) is 2. The maximum absolute atomic E-state index is 15.0. The molecule has 4 aromatic rings. The van der Waals surface area contributed by atoms with Crippen molar-refractivity contribution >= 4 is 55.0 Å². The first-order valence-electron chi connectivity index (χ1n) is 21.3. The number of ether oxygens (including phenoxy) is 1. The lowest BCUT2D eigenvalue weighted by Gasteiger charge is -2.31. The number of hydrogen-bond donors (Lipinski definition) is 2. The van der Waals surface area contributed by atoms with Crippen molar-refractivity contribution in [3.05, 3.63) is 40.2 Å². The molecule has 312 valence electrons. The SMILES string of the molecule is CC.CC.CCCCCN(C)CCC.Cc1c(-c2ccc(F)c3sc(N)c(C#N)c23)c2c(c3c(NC4CCCN(C)C4=O)nc(N4CCC(C)C4C)nc13)COC2. The molecule has 0 saturated carbocycles. The molecule has 2 saturated heterocycles. The van der Waals surface area contributed by atoms with Crippen LogP contribution in [0.3, 0.4) is 0 Å². The van der Waals surface area contributed by atoms with Crippen LogP contribution >= 0.6 is 11.3 Å². The molecule has 0 aliphatic carbocycles. The summed E-state index contributed by atoms with van der Waals surface area (Å²) in [5.74, 6) is 1.40. The van der Waals surface area contributed by atoms with Crippen molar-refractivity contribution < 1.29 is 13.9 Å².